The minimum Gasteiger partial charge on any atom is -0.0622 e. The van der Waals surface area contributed by atoms with Crippen LogP contribution in [0.5, 0.6) is 0 Å². The van der Waals surface area contributed by atoms with Gasteiger partial charge in [0.05, 0.1) is 0 Å². The van der Waals surface area contributed by atoms with E-state index in [1.54, 1.807) is 0 Å². The van der Waals surface area contributed by atoms with Crippen LogP contribution < -0.4 is 15.9 Å². The summed E-state index contributed by atoms with van der Waals surface area (Å²) in [5, 5.41) is 4.19. The SMILES string of the molecule is O=[C]=[Ir].c1ccc(P(c2ccccc2)c2ccccc2)cc1. The van der Waals surface area contributed by atoms with Crippen molar-refractivity contribution < 1.29 is 23.2 Å². The molecule has 0 aromatic heterocycles. The Labute approximate surface area is 142 Å². The van der Waals surface area contributed by atoms with Crippen molar-refractivity contribution in [3.05, 3.63) is 91.0 Å². The average Bonchev–Trinajstić information content (AvgIpc) is 2.59. The fourth-order valence-electron chi connectivity index (χ4n) is 2.18. The van der Waals surface area contributed by atoms with Crippen molar-refractivity contribution in [2.45, 2.75) is 0 Å². The number of hydrogen-bond donors (Lipinski definition) is 0. The molecule has 0 aliphatic rings. The molecule has 0 N–H and O–H groups in total. The van der Waals surface area contributed by atoms with E-state index >= 15 is 0 Å². The minimum atomic E-state index is -0.446. The smallest absolute Gasteiger partial charge is 0.0134 e. The average molecular weight is 483 g/mol. The van der Waals surface area contributed by atoms with Crippen LogP contribution in [0.3, 0.4) is 0 Å². The van der Waals surface area contributed by atoms with E-state index in [9.17, 15) is 0 Å². The Morgan fingerprint density at radius 3 is 1.05 bits per heavy atom. The summed E-state index contributed by atoms with van der Waals surface area (Å²) in [6.07, 6.45) is 0. The van der Waals surface area contributed by atoms with E-state index in [0.717, 1.165) is 0 Å². The molecular formula is C19H15IrOP. The maximum absolute atomic E-state index is 8.68. The van der Waals surface area contributed by atoms with Gasteiger partial charge in [-0.2, -0.15) is 0 Å². The van der Waals surface area contributed by atoms with Gasteiger partial charge in [0.15, 0.2) is 0 Å². The zero-order valence-corrected chi connectivity index (χ0v) is 15.1. The van der Waals surface area contributed by atoms with Gasteiger partial charge in [0.2, 0.25) is 0 Å². The van der Waals surface area contributed by atoms with Gasteiger partial charge in [-0.1, -0.05) is 91.0 Å². The molecule has 0 radical (unpaired) electrons. The molecule has 0 unspecified atom stereocenters. The fourth-order valence-corrected chi connectivity index (χ4v) is 4.48. The largest absolute Gasteiger partial charge is 0.0622 e. The van der Waals surface area contributed by atoms with Crippen LogP contribution in [0.15, 0.2) is 91.0 Å². The van der Waals surface area contributed by atoms with Gasteiger partial charge >= 0.3 is 27.6 Å². The van der Waals surface area contributed by atoms with Gasteiger partial charge in [-0.3, -0.25) is 0 Å². The summed E-state index contributed by atoms with van der Waals surface area (Å²) in [6, 6.07) is 32.3. The summed E-state index contributed by atoms with van der Waals surface area (Å²) >= 11 is 1.32. The Morgan fingerprint density at radius 2 is 0.818 bits per heavy atom. The Morgan fingerprint density at radius 1 is 0.591 bits per heavy atom. The Hall–Kier alpha value is -1.68. The van der Waals surface area contributed by atoms with Gasteiger partial charge in [-0.05, 0) is 23.8 Å². The van der Waals surface area contributed by atoms with Crippen molar-refractivity contribution in [2.24, 2.45) is 0 Å². The summed E-state index contributed by atoms with van der Waals surface area (Å²) in [7, 11) is -0.446. The first kappa shape index (κ1) is 16.7. The molecule has 3 rings (SSSR count). The van der Waals surface area contributed by atoms with E-state index in [0.29, 0.717) is 0 Å². The van der Waals surface area contributed by atoms with Crippen LogP contribution >= 0.6 is 7.92 Å². The van der Waals surface area contributed by atoms with Crippen LogP contribution in [0.1, 0.15) is 0 Å². The first-order chi connectivity index (χ1) is 10.9. The summed E-state index contributed by atoms with van der Waals surface area (Å²) in [5.74, 6) is 0. The summed E-state index contributed by atoms with van der Waals surface area (Å²) < 4.78 is 1.50. The molecular weight excluding hydrogens is 467 g/mol. The van der Waals surface area contributed by atoms with Crippen LogP contribution in [0, 0.1) is 0 Å². The third kappa shape index (κ3) is 4.67. The Balaban J connectivity index is 0.000000545. The van der Waals surface area contributed by atoms with Crippen LogP contribution in [-0.4, -0.2) is 4.39 Å². The molecule has 1 nitrogen and oxygen atoms in total. The quantitative estimate of drug-likeness (QED) is 0.525. The summed E-state index contributed by atoms with van der Waals surface area (Å²) in [4.78, 5) is 8.68. The van der Waals surface area contributed by atoms with E-state index in [4.69, 9.17) is 4.79 Å². The summed E-state index contributed by atoms with van der Waals surface area (Å²) in [6.45, 7) is 0. The van der Waals surface area contributed by atoms with Gasteiger partial charge in [-0.15, -0.1) is 0 Å². The van der Waals surface area contributed by atoms with E-state index < -0.39 is 7.92 Å². The molecule has 0 amide bonds. The van der Waals surface area contributed by atoms with E-state index in [-0.39, 0.29) is 0 Å². The first-order valence-electron chi connectivity index (χ1n) is 6.77. The standard InChI is InChI=1S/C18H15P.CO.Ir/c1-4-10-16(11-5-1)19(17-12-6-2-7-13-17)18-14-8-3-9-15-18;1-2;/h1-15H;;. The summed E-state index contributed by atoms with van der Waals surface area (Å²) in [5.41, 5.74) is 0. The van der Waals surface area contributed by atoms with Gasteiger partial charge < -0.3 is 0 Å². The van der Waals surface area contributed by atoms with Crippen molar-refractivity contribution in [3.63, 3.8) is 0 Å². The molecule has 3 aromatic carbocycles. The third-order valence-electron chi connectivity index (χ3n) is 3.04. The minimum absolute atomic E-state index is 0.446. The monoisotopic (exact) mass is 483 g/mol. The van der Waals surface area contributed by atoms with E-state index in [1.165, 1.54) is 38.8 Å². The van der Waals surface area contributed by atoms with E-state index in [1.807, 2.05) is 0 Å². The molecule has 22 heavy (non-hydrogen) atoms. The second-order valence-corrected chi connectivity index (χ2v) is 7.12. The second kappa shape index (κ2) is 9.36. The maximum atomic E-state index is 8.68. The predicted molar refractivity (Wildman–Crippen MR) is 90.8 cm³/mol. The van der Waals surface area contributed by atoms with Gasteiger partial charge in [0, 0.05) is 0 Å². The van der Waals surface area contributed by atoms with Crippen molar-refractivity contribution in [3.8, 4) is 0 Å². The first-order valence-corrected chi connectivity index (χ1v) is 9.31. The third-order valence-corrected chi connectivity index (χ3v) is 5.49. The second-order valence-electron chi connectivity index (χ2n) is 4.41. The Bertz CT molecular complexity index is 614. The zero-order valence-electron chi connectivity index (χ0n) is 11.8. The molecule has 3 aromatic rings. The number of carbonyl (C=O) groups excluding carboxylic acids is 1. The fraction of sp³-hybridized carbons (Fsp3) is 0. The van der Waals surface area contributed by atoms with Crippen molar-refractivity contribution in [1.29, 1.82) is 0 Å². The van der Waals surface area contributed by atoms with Crippen LogP contribution in [0.4, 0.5) is 0 Å². The molecule has 111 valence electrons. The number of hydrogen-bond acceptors (Lipinski definition) is 1. The predicted octanol–water partition coefficient (Wildman–Crippen LogP) is 3.05. The van der Waals surface area contributed by atoms with Crippen molar-refractivity contribution in [1.82, 2.24) is 0 Å². The number of rotatable bonds is 3. The van der Waals surface area contributed by atoms with Gasteiger partial charge in [0.1, 0.15) is 0 Å². The molecule has 0 aliphatic carbocycles. The van der Waals surface area contributed by atoms with E-state index in [2.05, 4.69) is 91.0 Å². The molecule has 0 saturated heterocycles. The molecule has 0 aliphatic heterocycles. The van der Waals surface area contributed by atoms with Crippen molar-refractivity contribution >= 4 is 28.2 Å². The molecule has 0 spiro atoms. The van der Waals surface area contributed by atoms with Crippen LogP contribution in [0.2, 0.25) is 0 Å². The maximum Gasteiger partial charge on any atom is -0.0134 e. The Kier molecular flexibility index (Phi) is 7.10. The normalized spacial score (nSPS) is 9.55. The van der Waals surface area contributed by atoms with Crippen LogP contribution in [0.25, 0.3) is 0 Å². The topological polar surface area (TPSA) is 17.1 Å². The van der Waals surface area contributed by atoms with Gasteiger partial charge in [-0.25, -0.2) is 0 Å². The molecule has 0 fully saturated rings. The van der Waals surface area contributed by atoms with Crippen LogP contribution in [-0.2, 0) is 23.2 Å². The zero-order chi connectivity index (χ0) is 15.6. The molecule has 0 saturated carbocycles. The van der Waals surface area contributed by atoms with Gasteiger partial charge in [0.25, 0.3) is 0 Å². The molecule has 0 heterocycles. The molecule has 0 bridgehead atoms. The van der Waals surface area contributed by atoms with Crippen molar-refractivity contribution in [2.75, 3.05) is 0 Å². The number of benzene rings is 3. The molecule has 0 atom stereocenters. The molecule has 3 heteroatoms.